The largest absolute Gasteiger partial charge is 0.369 e. The van der Waals surface area contributed by atoms with E-state index < -0.39 is 23.8 Å². The van der Waals surface area contributed by atoms with Crippen LogP contribution in [0.5, 0.6) is 0 Å². The summed E-state index contributed by atoms with van der Waals surface area (Å²) in [5.74, 6) is -1.50. The van der Waals surface area contributed by atoms with Gasteiger partial charge in [-0.15, -0.1) is 0 Å². The van der Waals surface area contributed by atoms with E-state index in [9.17, 15) is 19.2 Å². The number of fused-ring (bicyclic) bond motifs is 1. The molecular weight excluding hydrogens is 422 g/mol. The van der Waals surface area contributed by atoms with Crippen LogP contribution in [0.3, 0.4) is 0 Å². The number of anilines is 1. The third-order valence-corrected chi connectivity index (χ3v) is 6.38. The van der Waals surface area contributed by atoms with E-state index in [-0.39, 0.29) is 18.5 Å². The third kappa shape index (κ3) is 3.95. The Morgan fingerprint density at radius 2 is 1.52 bits per heavy atom. The topological polar surface area (TPSA) is 93.3 Å². The second-order valence-electron chi connectivity index (χ2n) is 8.63. The summed E-state index contributed by atoms with van der Waals surface area (Å²) in [6, 6.07) is 13.1. The highest BCUT2D eigenvalue weighted by Gasteiger charge is 2.43. The van der Waals surface area contributed by atoms with Gasteiger partial charge >= 0.3 is 6.03 Å². The van der Waals surface area contributed by atoms with E-state index in [0.29, 0.717) is 12.1 Å². The number of nitrogens with one attached hydrogen (secondary N) is 1. The van der Waals surface area contributed by atoms with Gasteiger partial charge in [0.15, 0.2) is 0 Å². The van der Waals surface area contributed by atoms with Crippen molar-refractivity contribution in [2.45, 2.75) is 19.9 Å². The van der Waals surface area contributed by atoms with Crippen molar-refractivity contribution in [3.8, 4) is 0 Å². The third-order valence-electron chi connectivity index (χ3n) is 6.38. The van der Waals surface area contributed by atoms with Gasteiger partial charge in [0.25, 0.3) is 11.8 Å². The first-order valence-corrected chi connectivity index (χ1v) is 11.1. The van der Waals surface area contributed by atoms with Crippen molar-refractivity contribution in [2.75, 3.05) is 37.6 Å². The maximum atomic E-state index is 13.0. The molecule has 0 aromatic heterocycles. The first-order valence-electron chi connectivity index (χ1n) is 11.1. The van der Waals surface area contributed by atoms with Crippen LogP contribution in [-0.2, 0) is 11.3 Å². The highest BCUT2D eigenvalue weighted by Crippen LogP contribution is 2.27. The molecule has 0 unspecified atom stereocenters. The van der Waals surface area contributed by atoms with Crippen molar-refractivity contribution < 1.29 is 19.2 Å². The van der Waals surface area contributed by atoms with Gasteiger partial charge in [-0.05, 0) is 36.8 Å². The van der Waals surface area contributed by atoms with Gasteiger partial charge in [-0.2, -0.15) is 5.01 Å². The molecule has 33 heavy (non-hydrogen) atoms. The maximum Gasteiger partial charge on any atom is 0.343 e. The number of urea groups is 1. The number of benzene rings is 2. The fourth-order valence-electron chi connectivity index (χ4n) is 4.52. The summed E-state index contributed by atoms with van der Waals surface area (Å²) in [6.07, 6.45) is 0.0406. The summed E-state index contributed by atoms with van der Waals surface area (Å²) < 4.78 is 0. The quantitative estimate of drug-likeness (QED) is 0.718. The summed E-state index contributed by atoms with van der Waals surface area (Å²) in [5.41, 5.74) is 3.98. The summed E-state index contributed by atoms with van der Waals surface area (Å²) >= 11 is 0. The zero-order valence-electron chi connectivity index (χ0n) is 18.4. The van der Waals surface area contributed by atoms with Gasteiger partial charge in [0.05, 0.1) is 17.7 Å². The SMILES string of the molecule is Cc1ccc(N2CCN(Cc3ccc4c(c3)C(=O)N(N3CCC(=O)NC3=O)C4=O)CC2)cc1. The van der Waals surface area contributed by atoms with E-state index in [4.69, 9.17) is 0 Å². The van der Waals surface area contributed by atoms with Gasteiger partial charge in [0, 0.05) is 44.8 Å². The number of hydrazine groups is 1. The van der Waals surface area contributed by atoms with Gasteiger partial charge < -0.3 is 4.90 Å². The van der Waals surface area contributed by atoms with E-state index in [1.54, 1.807) is 12.1 Å². The van der Waals surface area contributed by atoms with Crippen LogP contribution in [0, 0.1) is 6.92 Å². The molecule has 0 atom stereocenters. The van der Waals surface area contributed by atoms with Crippen LogP contribution in [-0.4, -0.2) is 71.4 Å². The first kappa shape index (κ1) is 21.1. The number of rotatable bonds is 4. The van der Waals surface area contributed by atoms with Crippen LogP contribution < -0.4 is 10.2 Å². The van der Waals surface area contributed by atoms with E-state index in [2.05, 4.69) is 46.3 Å². The molecule has 0 spiro atoms. The van der Waals surface area contributed by atoms with Crippen molar-refractivity contribution in [3.05, 3.63) is 64.7 Å². The molecule has 3 aliphatic rings. The van der Waals surface area contributed by atoms with E-state index >= 15 is 0 Å². The van der Waals surface area contributed by atoms with E-state index in [1.165, 1.54) is 11.3 Å². The summed E-state index contributed by atoms with van der Waals surface area (Å²) in [7, 11) is 0. The summed E-state index contributed by atoms with van der Waals surface area (Å²) in [6.45, 7) is 6.38. The monoisotopic (exact) mass is 447 g/mol. The standard InChI is InChI=1S/C24H25N5O4/c1-16-2-5-18(6-3-16)27-12-10-26(11-13-27)15-17-4-7-19-20(14-17)23(32)29(22(19)31)28-9-8-21(30)25-24(28)33/h2-7,14H,8-13,15H2,1H3,(H,25,30,33). The molecule has 3 aliphatic heterocycles. The number of nitrogens with zero attached hydrogens (tertiary/aromatic N) is 4. The second kappa shape index (κ2) is 8.32. The molecule has 2 aromatic carbocycles. The number of hydrogen-bond donors (Lipinski definition) is 1. The van der Waals surface area contributed by atoms with Crippen LogP contribution in [0.2, 0.25) is 0 Å². The van der Waals surface area contributed by atoms with Gasteiger partial charge in [0.2, 0.25) is 5.91 Å². The predicted molar refractivity (Wildman–Crippen MR) is 120 cm³/mol. The van der Waals surface area contributed by atoms with Gasteiger partial charge in [-0.1, -0.05) is 23.8 Å². The van der Waals surface area contributed by atoms with Gasteiger partial charge in [-0.25, -0.2) is 9.80 Å². The van der Waals surface area contributed by atoms with Crippen LogP contribution >= 0.6 is 0 Å². The molecule has 0 bridgehead atoms. The minimum absolute atomic E-state index is 0.00570. The molecule has 0 aliphatic carbocycles. The molecule has 2 fully saturated rings. The lowest BCUT2D eigenvalue weighted by atomic mass is 10.1. The number of piperazine rings is 1. The van der Waals surface area contributed by atoms with Crippen molar-refractivity contribution in [3.63, 3.8) is 0 Å². The molecule has 9 heteroatoms. The van der Waals surface area contributed by atoms with E-state index in [0.717, 1.165) is 41.8 Å². The zero-order chi connectivity index (χ0) is 23.1. The second-order valence-corrected chi connectivity index (χ2v) is 8.63. The number of aryl methyl sites for hydroxylation is 1. The zero-order valence-corrected chi connectivity index (χ0v) is 18.4. The molecule has 2 saturated heterocycles. The van der Waals surface area contributed by atoms with Crippen molar-refractivity contribution >= 4 is 29.4 Å². The molecule has 170 valence electrons. The minimum atomic E-state index is -0.757. The fraction of sp³-hybridized carbons (Fsp3) is 0.333. The Bertz CT molecular complexity index is 1140. The minimum Gasteiger partial charge on any atom is -0.369 e. The molecule has 5 amide bonds. The van der Waals surface area contributed by atoms with Gasteiger partial charge in [0.1, 0.15) is 0 Å². The molecule has 1 N–H and O–H groups in total. The smallest absolute Gasteiger partial charge is 0.343 e. The molecular formula is C24H25N5O4. The Balaban J connectivity index is 1.25. The Labute approximate surface area is 191 Å². The molecule has 0 saturated carbocycles. The molecule has 5 rings (SSSR count). The van der Waals surface area contributed by atoms with Gasteiger partial charge in [-0.3, -0.25) is 24.6 Å². The average molecular weight is 447 g/mol. The van der Waals surface area contributed by atoms with Crippen LogP contribution in [0.15, 0.2) is 42.5 Å². The van der Waals surface area contributed by atoms with Crippen LogP contribution in [0.4, 0.5) is 10.5 Å². The number of carbonyl (C=O) groups excluding carboxylic acids is 4. The lowest BCUT2D eigenvalue weighted by molar-refractivity contribution is -0.122. The Morgan fingerprint density at radius 1 is 0.818 bits per heavy atom. The van der Waals surface area contributed by atoms with Crippen molar-refractivity contribution in [1.82, 2.24) is 20.2 Å². The lowest BCUT2D eigenvalue weighted by Gasteiger charge is -2.36. The Hall–Kier alpha value is -3.72. The average Bonchev–Trinajstić information content (AvgIpc) is 3.05. The number of amides is 5. The predicted octanol–water partition coefficient (Wildman–Crippen LogP) is 1.77. The summed E-state index contributed by atoms with van der Waals surface area (Å²) in [5, 5.41) is 4.00. The number of carbonyl (C=O) groups is 4. The van der Waals surface area contributed by atoms with Crippen molar-refractivity contribution in [2.24, 2.45) is 0 Å². The van der Waals surface area contributed by atoms with Crippen LogP contribution in [0.25, 0.3) is 0 Å². The number of imide groups is 2. The Kier molecular flexibility index (Phi) is 5.33. The molecule has 3 heterocycles. The normalized spacial score (nSPS) is 19.2. The highest BCUT2D eigenvalue weighted by atomic mass is 16.2. The van der Waals surface area contributed by atoms with E-state index in [1.807, 2.05) is 6.07 Å². The fourth-order valence-corrected chi connectivity index (χ4v) is 4.52. The highest BCUT2D eigenvalue weighted by molar-refractivity contribution is 6.22. The van der Waals surface area contributed by atoms with Crippen LogP contribution in [0.1, 0.15) is 38.3 Å². The lowest BCUT2D eigenvalue weighted by Crippen LogP contribution is -2.58. The molecule has 2 aromatic rings. The Morgan fingerprint density at radius 3 is 2.21 bits per heavy atom. The van der Waals surface area contributed by atoms with Crippen molar-refractivity contribution in [1.29, 1.82) is 0 Å². The molecule has 0 radical (unpaired) electrons. The molecule has 9 nitrogen and oxygen atoms in total. The first-order chi connectivity index (χ1) is 15.9. The summed E-state index contributed by atoms with van der Waals surface area (Å²) in [4.78, 5) is 54.0. The number of hydrogen-bond acceptors (Lipinski definition) is 6. The maximum absolute atomic E-state index is 13.0.